The van der Waals surface area contributed by atoms with Gasteiger partial charge in [0.15, 0.2) is 6.10 Å². The van der Waals surface area contributed by atoms with Gasteiger partial charge < -0.3 is 27.9 Å². The van der Waals surface area contributed by atoms with Crippen molar-refractivity contribution < 1.29 is 42.1 Å². The average Bonchev–Trinajstić information content (AvgIpc) is 3.41. The van der Waals surface area contributed by atoms with E-state index in [1.807, 2.05) is 21.1 Å². The van der Waals surface area contributed by atoms with Crippen molar-refractivity contribution in [3.8, 4) is 0 Å². The van der Waals surface area contributed by atoms with Crippen molar-refractivity contribution >= 4 is 19.8 Å². The summed E-state index contributed by atoms with van der Waals surface area (Å²) in [6.45, 7) is 4.11. The van der Waals surface area contributed by atoms with Gasteiger partial charge in [0.1, 0.15) is 19.8 Å². The van der Waals surface area contributed by atoms with Gasteiger partial charge in [-0.1, -0.05) is 272 Å². The number of carbonyl (C=O) groups is 2. The summed E-state index contributed by atoms with van der Waals surface area (Å²) in [5, 5.41) is 0. The van der Waals surface area contributed by atoms with Crippen molar-refractivity contribution in [3.63, 3.8) is 0 Å². The van der Waals surface area contributed by atoms with Crippen molar-refractivity contribution in [2.24, 2.45) is 0 Å². The molecule has 0 amide bonds. The summed E-state index contributed by atoms with van der Waals surface area (Å²) < 4.78 is 34.2. The predicted molar refractivity (Wildman–Crippen MR) is 337 cm³/mol. The number of unbranched alkanes of at least 4 members (excludes halogenated alkanes) is 32. The van der Waals surface area contributed by atoms with Gasteiger partial charge in [0.05, 0.1) is 27.7 Å². The van der Waals surface area contributed by atoms with Gasteiger partial charge in [-0.25, -0.2) is 0 Å². The minimum Gasteiger partial charge on any atom is -0.756 e. The number of ether oxygens (including phenoxy) is 2. The molecule has 79 heavy (non-hydrogen) atoms. The van der Waals surface area contributed by atoms with E-state index in [4.69, 9.17) is 18.5 Å². The normalized spacial score (nSPS) is 13.7. The number of allylic oxidation sites excluding steroid dienone is 14. The Balaban J connectivity index is 3.94. The Labute approximate surface area is 488 Å². The fourth-order valence-corrected chi connectivity index (χ4v) is 9.86. The molecule has 10 heteroatoms. The molecular formula is C69H124NO8P. The van der Waals surface area contributed by atoms with Gasteiger partial charge in [0.2, 0.25) is 0 Å². The molecule has 0 radical (unpaired) electrons. The number of rotatable bonds is 60. The highest BCUT2D eigenvalue weighted by molar-refractivity contribution is 7.45. The monoisotopic (exact) mass is 1130 g/mol. The number of quaternary nitrogens is 1. The molecular weight excluding hydrogens is 1000 g/mol. The Morgan fingerprint density at radius 3 is 1.08 bits per heavy atom. The van der Waals surface area contributed by atoms with Crippen molar-refractivity contribution in [3.05, 3.63) is 85.1 Å². The highest BCUT2D eigenvalue weighted by atomic mass is 31.2. The number of carbonyl (C=O) groups excluding carboxylic acids is 2. The zero-order valence-electron chi connectivity index (χ0n) is 52.1. The summed E-state index contributed by atoms with van der Waals surface area (Å²) in [6, 6.07) is 0. The van der Waals surface area contributed by atoms with Crippen LogP contribution >= 0.6 is 7.82 Å². The lowest BCUT2D eigenvalue weighted by Gasteiger charge is -2.28. The highest BCUT2D eigenvalue weighted by Gasteiger charge is 2.22. The molecule has 0 aliphatic heterocycles. The highest BCUT2D eigenvalue weighted by Crippen LogP contribution is 2.38. The maximum atomic E-state index is 12.8. The number of hydrogen-bond acceptors (Lipinski definition) is 8. The third kappa shape index (κ3) is 64.2. The second-order valence-corrected chi connectivity index (χ2v) is 24.5. The Morgan fingerprint density at radius 1 is 0.405 bits per heavy atom. The van der Waals surface area contributed by atoms with E-state index in [1.54, 1.807) is 0 Å². The van der Waals surface area contributed by atoms with Crippen LogP contribution in [0.15, 0.2) is 85.1 Å². The molecule has 0 aliphatic carbocycles. The van der Waals surface area contributed by atoms with Crippen molar-refractivity contribution in [2.45, 2.75) is 296 Å². The lowest BCUT2D eigenvalue weighted by atomic mass is 10.0. The standard InChI is InChI=1S/C69H124NO8P/c1-6-8-10-12-14-16-18-20-22-24-25-26-27-28-29-30-31-32-33-34-35-36-37-38-39-40-41-42-43-44-45-46-48-50-52-54-56-58-60-62-69(72)78-67(66-77-79(73,74)76-64-63-70(3,4)5)65-75-68(71)61-59-57-55-53-51-49-47-23-21-19-17-15-13-11-9-7-2/h8,10,14,16-17,19-20,22-23,25-26,28-29,47,67H,6-7,9,11-13,15,18,21,24,27,30-46,48-66H2,1-5H3/b10-8-,16-14-,19-17-,22-20-,26-25-,29-28-,47-23-. The smallest absolute Gasteiger partial charge is 0.306 e. The van der Waals surface area contributed by atoms with E-state index in [2.05, 4.69) is 98.9 Å². The summed E-state index contributed by atoms with van der Waals surface area (Å²) >= 11 is 0. The van der Waals surface area contributed by atoms with Crippen LogP contribution in [-0.2, 0) is 32.7 Å². The minimum atomic E-state index is -4.64. The Bertz CT molecular complexity index is 1610. The summed E-state index contributed by atoms with van der Waals surface area (Å²) in [5.74, 6) is -0.841. The molecule has 9 nitrogen and oxygen atoms in total. The topological polar surface area (TPSA) is 111 Å². The van der Waals surface area contributed by atoms with E-state index in [0.29, 0.717) is 23.9 Å². The molecule has 0 saturated heterocycles. The molecule has 0 aromatic rings. The molecule has 0 aromatic carbocycles. The maximum absolute atomic E-state index is 12.8. The Hall–Kier alpha value is -2.81. The van der Waals surface area contributed by atoms with Crippen molar-refractivity contribution in [1.82, 2.24) is 0 Å². The van der Waals surface area contributed by atoms with Crippen molar-refractivity contribution in [1.29, 1.82) is 0 Å². The largest absolute Gasteiger partial charge is 0.756 e. The molecule has 0 spiro atoms. The molecule has 0 saturated carbocycles. The van der Waals surface area contributed by atoms with Crippen LogP contribution in [0.3, 0.4) is 0 Å². The summed E-state index contributed by atoms with van der Waals surface area (Å²) in [7, 11) is 1.16. The summed E-state index contributed by atoms with van der Waals surface area (Å²) in [6.07, 6.45) is 81.0. The molecule has 0 aromatic heterocycles. The van der Waals surface area contributed by atoms with Gasteiger partial charge in [-0.3, -0.25) is 14.2 Å². The molecule has 0 rings (SSSR count). The zero-order chi connectivity index (χ0) is 57.7. The first-order valence-corrected chi connectivity index (χ1v) is 34.3. The third-order valence-corrected chi connectivity index (χ3v) is 15.1. The average molecular weight is 1130 g/mol. The fraction of sp³-hybridized carbons (Fsp3) is 0.768. The lowest BCUT2D eigenvalue weighted by Crippen LogP contribution is -2.37. The van der Waals surface area contributed by atoms with Crippen molar-refractivity contribution in [2.75, 3.05) is 47.5 Å². The number of hydrogen-bond donors (Lipinski definition) is 0. The van der Waals surface area contributed by atoms with Gasteiger partial charge in [-0.05, 0) is 89.9 Å². The first kappa shape index (κ1) is 76.2. The number of phosphoric ester groups is 1. The van der Waals surface area contributed by atoms with Gasteiger partial charge in [0.25, 0.3) is 7.82 Å². The van der Waals surface area contributed by atoms with Gasteiger partial charge in [0, 0.05) is 12.8 Å². The van der Waals surface area contributed by atoms with E-state index >= 15 is 0 Å². The van der Waals surface area contributed by atoms with Gasteiger partial charge in [-0.2, -0.15) is 0 Å². The van der Waals surface area contributed by atoms with Crippen LogP contribution in [0.5, 0.6) is 0 Å². The molecule has 0 heterocycles. The first-order valence-electron chi connectivity index (χ1n) is 32.8. The zero-order valence-corrected chi connectivity index (χ0v) is 52.9. The molecule has 458 valence electrons. The molecule has 2 atom stereocenters. The van der Waals surface area contributed by atoms with Gasteiger partial charge >= 0.3 is 11.9 Å². The van der Waals surface area contributed by atoms with E-state index < -0.39 is 32.5 Å². The van der Waals surface area contributed by atoms with Crippen LogP contribution in [0.1, 0.15) is 290 Å². The molecule has 0 fully saturated rings. The van der Waals surface area contributed by atoms with E-state index in [1.165, 1.54) is 161 Å². The summed E-state index contributed by atoms with van der Waals surface area (Å²) in [4.78, 5) is 37.9. The second kappa shape index (κ2) is 59.8. The molecule has 0 aliphatic rings. The molecule has 0 bridgehead atoms. The lowest BCUT2D eigenvalue weighted by molar-refractivity contribution is -0.870. The van der Waals surface area contributed by atoms with Crippen LogP contribution in [0, 0.1) is 0 Å². The van der Waals surface area contributed by atoms with Gasteiger partial charge in [-0.15, -0.1) is 0 Å². The molecule has 2 unspecified atom stereocenters. The van der Waals surface area contributed by atoms with Crippen LogP contribution in [0.25, 0.3) is 0 Å². The SMILES string of the molecule is CC/C=C\C/C=C\C/C=C\C/C=C\C/C=C\CCCCCCCCCCCCCCCCCCCCCCCCCC(=O)OC(COC(=O)CCCCCCC/C=C\C/C=C\CCCCCC)COP(=O)([O-])OCC[N+](C)(C)C. The van der Waals surface area contributed by atoms with E-state index in [0.717, 1.165) is 89.9 Å². The van der Waals surface area contributed by atoms with Crippen LogP contribution in [-0.4, -0.2) is 70.0 Å². The van der Waals surface area contributed by atoms with Crippen LogP contribution < -0.4 is 4.89 Å². The number of phosphoric acid groups is 1. The van der Waals surface area contributed by atoms with Crippen LogP contribution in [0.2, 0.25) is 0 Å². The number of esters is 2. The quantitative estimate of drug-likeness (QED) is 0.0195. The second-order valence-electron chi connectivity index (χ2n) is 23.1. The van der Waals surface area contributed by atoms with Crippen LogP contribution in [0.4, 0.5) is 0 Å². The third-order valence-electron chi connectivity index (χ3n) is 14.1. The first-order chi connectivity index (χ1) is 38.5. The number of likely N-dealkylation sites (N-methyl/N-ethyl adjacent to an activating group) is 1. The Kier molecular flexibility index (Phi) is 57.7. The Morgan fingerprint density at radius 2 is 0.722 bits per heavy atom. The van der Waals surface area contributed by atoms with E-state index in [9.17, 15) is 19.0 Å². The predicted octanol–water partition coefficient (Wildman–Crippen LogP) is 20.4. The fourth-order valence-electron chi connectivity index (χ4n) is 9.13. The number of nitrogens with zero attached hydrogens (tertiary/aromatic N) is 1. The van der Waals surface area contributed by atoms with E-state index in [-0.39, 0.29) is 26.1 Å². The molecule has 0 N–H and O–H groups in total. The summed E-state index contributed by atoms with van der Waals surface area (Å²) in [5.41, 5.74) is 0. The maximum Gasteiger partial charge on any atom is 0.306 e. The minimum absolute atomic E-state index is 0.0338.